The van der Waals surface area contributed by atoms with Gasteiger partial charge in [-0.2, -0.15) is 0 Å². The van der Waals surface area contributed by atoms with E-state index in [0.717, 1.165) is 0 Å². The average molecular weight is 433 g/mol. The number of carboxylic acids is 2. The molecule has 1 fully saturated rings. The lowest BCUT2D eigenvalue weighted by molar-refractivity contribution is -0.142. The van der Waals surface area contributed by atoms with Crippen molar-refractivity contribution in [1.29, 1.82) is 0 Å². The van der Waals surface area contributed by atoms with Crippen molar-refractivity contribution in [2.75, 3.05) is 85.6 Å². The summed E-state index contributed by atoms with van der Waals surface area (Å²) in [5.41, 5.74) is 0. The molecule has 0 spiro atoms. The number of ether oxygens (including phenoxy) is 1. The zero-order valence-electron chi connectivity index (χ0n) is 18.0. The maximum atomic E-state index is 11.8. The molecule has 1 aliphatic heterocycles. The molecule has 0 bridgehead atoms. The fourth-order valence-corrected chi connectivity index (χ4v) is 3.29. The standard InChI is InChI=1S/C19H36N4O7/c1-3-16(24)12-20-4-6-21(13-17(25)26)7-8-22(14-18(27)28)9-11-23(10-5-20)15-19(29)30-2/h16,24H,3-15H2,1-2H3,(H,25,26)(H,27,28). The second-order valence-electron chi connectivity index (χ2n) is 7.55. The van der Waals surface area contributed by atoms with Gasteiger partial charge in [0.2, 0.25) is 0 Å². The number of esters is 1. The molecule has 3 N–H and O–H groups in total. The fourth-order valence-electron chi connectivity index (χ4n) is 3.29. The predicted octanol–water partition coefficient (Wildman–Crippen LogP) is -1.68. The van der Waals surface area contributed by atoms with Gasteiger partial charge in [0.15, 0.2) is 0 Å². The quantitative estimate of drug-likeness (QED) is 0.361. The lowest BCUT2D eigenvalue weighted by Gasteiger charge is -2.33. The van der Waals surface area contributed by atoms with Gasteiger partial charge in [-0.05, 0) is 6.42 Å². The van der Waals surface area contributed by atoms with Crippen LogP contribution in [0.25, 0.3) is 0 Å². The van der Waals surface area contributed by atoms with Crippen molar-refractivity contribution in [3.63, 3.8) is 0 Å². The van der Waals surface area contributed by atoms with E-state index in [1.54, 1.807) is 9.80 Å². The van der Waals surface area contributed by atoms with Gasteiger partial charge in [-0.3, -0.25) is 34.0 Å². The zero-order chi connectivity index (χ0) is 22.5. The first-order valence-corrected chi connectivity index (χ1v) is 10.3. The number of carboxylic acid groups (broad SMARTS) is 2. The number of hydrogen-bond acceptors (Lipinski definition) is 9. The summed E-state index contributed by atoms with van der Waals surface area (Å²) in [5.74, 6) is -2.25. The Kier molecular flexibility index (Phi) is 12.5. The molecule has 0 radical (unpaired) electrons. The molecule has 0 aromatic heterocycles. The van der Waals surface area contributed by atoms with E-state index in [9.17, 15) is 29.7 Å². The third-order valence-corrected chi connectivity index (χ3v) is 5.17. The minimum Gasteiger partial charge on any atom is -0.480 e. The van der Waals surface area contributed by atoms with Crippen LogP contribution in [0.1, 0.15) is 13.3 Å². The highest BCUT2D eigenvalue weighted by Crippen LogP contribution is 2.03. The number of carbonyl (C=O) groups excluding carboxylic acids is 1. The third kappa shape index (κ3) is 11.4. The summed E-state index contributed by atoms with van der Waals surface area (Å²) in [7, 11) is 1.33. The normalized spacial score (nSPS) is 20.1. The topological polar surface area (TPSA) is 134 Å². The molecule has 11 nitrogen and oxygen atoms in total. The summed E-state index contributed by atoms with van der Waals surface area (Å²) in [6.45, 7) is 6.12. The second kappa shape index (κ2) is 14.3. The Balaban J connectivity index is 2.93. The Morgan fingerprint density at radius 3 is 1.47 bits per heavy atom. The molecule has 1 rings (SSSR count). The van der Waals surface area contributed by atoms with Crippen molar-refractivity contribution < 1.29 is 34.4 Å². The molecule has 1 aliphatic rings. The molecule has 0 aromatic rings. The fraction of sp³-hybridized carbons (Fsp3) is 0.842. The summed E-state index contributed by atoms with van der Waals surface area (Å²) in [6, 6.07) is 0. The molecule has 11 heteroatoms. The van der Waals surface area contributed by atoms with E-state index in [1.165, 1.54) is 7.11 Å². The van der Waals surface area contributed by atoms with Gasteiger partial charge >= 0.3 is 17.9 Å². The molecule has 30 heavy (non-hydrogen) atoms. The molecule has 174 valence electrons. The Bertz CT molecular complexity index is 549. The van der Waals surface area contributed by atoms with Gasteiger partial charge < -0.3 is 20.1 Å². The average Bonchev–Trinajstić information content (AvgIpc) is 2.68. The van der Waals surface area contributed by atoms with E-state index < -0.39 is 18.0 Å². The van der Waals surface area contributed by atoms with Gasteiger partial charge in [-0.15, -0.1) is 0 Å². The number of aliphatic hydroxyl groups is 1. The van der Waals surface area contributed by atoms with Gasteiger partial charge in [-0.25, -0.2) is 0 Å². The first-order chi connectivity index (χ1) is 14.2. The Labute approximate surface area is 177 Å². The molecule has 1 saturated heterocycles. The van der Waals surface area contributed by atoms with Crippen molar-refractivity contribution in [3.8, 4) is 0 Å². The first-order valence-electron chi connectivity index (χ1n) is 10.3. The lowest BCUT2D eigenvalue weighted by atomic mass is 10.2. The van der Waals surface area contributed by atoms with E-state index in [1.807, 2.05) is 11.8 Å². The Hall–Kier alpha value is -1.79. The number of hydrogen-bond donors (Lipinski definition) is 3. The molecule has 1 unspecified atom stereocenters. The molecular formula is C19H36N4O7. The van der Waals surface area contributed by atoms with E-state index >= 15 is 0 Å². The highest BCUT2D eigenvalue weighted by atomic mass is 16.5. The van der Waals surface area contributed by atoms with Crippen LogP contribution in [-0.4, -0.2) is 145 Å². The lowest BCUT2D eigenvalue weighted by Crippen LogP contribution is -2.49. The van der Waals surface area contributed by atoms with E-state index in [0.29, 0.717) is 65.3 Å². The van der Waals surface area contributed by atoms with Gasteiger partial charge in [0, 0.05) is 58.9 Å². The minimum absolute atomic E-state index is 0.104. The van der Waals surface area contributed by atoms with Crippen molar-refractivity contribution >= 4 is 17.9 Å². The van der Waals surface area contributed by atoms with Gasteiger partial charge in [-0.1, -0.05) is 6.92 Å². The van der Waals surface area contributed by atoms with Crippen LogP contribution in [0.2, 0.25) is 0 Å². The minimum atomic E-state index is -0.953. The molecule has 1 atom stereocenters. The van der Waals surface area contributed by atoms with Gasteiger partial charge in [0.05, 0.1) is 32.8 Å². The Morgan fingerprint density at radius 1 is 0.767 bits per heavy atom. The van der Waals surface area contributed by atoms with Crippen LogP contribution in [0.3, 0.4) is 0 Å². The first kappa shape index (κ1) is 26.2. The number of methoxy groups -OCH3 is 1. The number of β-amino-alcohol motifs (C(OH)–C–C–N with tert-alkyl or cyclic N) is 1. The molecular weight excluding hydrogens is 396 g/mol. The van der Waals surface area contributed by atoms with Crippen LogP contribution >= 0.6 is 0 Å². The smallest absolute Gasteiger partial charge is 0.319 e. The van der Waals surface area contributed by atoms with Crippen LogP contribution in [0, 0.1) is 0 Å². The SMILES string of the molecule is CCC(O)CN1CCN(CC(=O)O)CCN(CC(=O)O)CCN(CC(=O)OC)CC1. The molecule has 0 aromatic carbocycles. The van der Waals surface area contributed by atoms with Crippen LogP contribution < -0.4 is 0 Å². The molecule has 0 saturated carbocycles. The maximum Gasteiger partial charge on any atom is 0.319 e. The largest absolute Gasteiger partial charge is 0.480 e. The molecule has 1 heterocycles. The van der Waals surface area contributed by atoms with Crippen molar-refractivity contribution in [1.82, 2.24) is 19.6 Å². The van der Waals surface area contributed by atoms with E-state index in [4.69, 9.17) is 4.74 Å². The maximum absolute atomic E-state index is 11.8. The summed E-state index contributed by atoms with van der Waals surface area (Å²) in [6.07, 6.45) is 0.136. The number of rotatable bonds is 9. The summed E-state index contributed by atoms with van der Waals surface area (Å²) < 4.78 is 4.77. The third-order valence-electron chi connectivity index (χ3n) is 5.17. The Morgan fingerprint density at radius 2 is 1.13 bits per heavy atom. The van der Waals surface area contributed by atoms with Crippen LogP contribution in [0.15, 0.2) is 0 Å². The highest BCUT2D eigenvalue weighted by Gasteiger charge is 2.21. The number of nitrogens with zero attached hydrogens (tertiary/aromatic N) is 4. The number of aliphatic hydroxyl groups excluding tert-OH is 1. The second-order valence-corrected chi connectivity index (χ2v) is 7.55. The van der Waals surface area contributed by atoms with E-state index in [2.05, 4.69) is 4.90 Å². The monoisotopic (exact) mass is 432 g/mol. The predicted molar refractivity (Wildman–Crippen MR) is 109 cm³/mol. The number of carbonyl (C=O) groups is 3. The summed E-state index contributed by atoms with van der Waals surface area (Å²) in [5, 5.41) is 28.5. The van der Waals surface area contributed by atoms with Gasteiger partial charge in [0.25, 0.3) is 0 Å². The van der Waals surface area contributed by atoms with Crippen molar-refractivity contribution in [2.45, 2.75) is 19.4 Å². The van der Waals surface area contributed by atoms with Crippen LogP contribution in [-0.2, 0) is 19.1 Å². The summed E-state index contributed by atoms with van der Waals surface area (Å²) in [4.78, 5) is 41.8. The molecule has 0 amide bonds. The van der Waals surface area contributed by atoms with Crippen molar-refractivity contribution in [3.05, 3.63) is 0 Å². The van der Waals surface area contributed by atoms with Crippen molar-refractivity contribution in [2.24, 2.45) is 0 Å². The van der Waals surface area contributed by atoms with E-state index in [-0.39, 0.29) is 25.6 Å². The highest BCUT2D eigenvalue weighted by molar-refractivity contribution is 5.71. The zero-order valence-corrected chi connectivity index (χ0v) is 18.0. The summed E-state index contributed by atoms with van der Waals surface area (Å²) >= 11 is 0. The molecule has 0 aliphatic carbocycles. The van der Waals surface area contributed by atoms with Gasteiger partial charge in [0.1, 0.15) is 0 Å². The van der Waals surface area contributed by atoms with Crippen LogP contribution in [0.4, 0.5) is 0 Å². The van der Waals surface area contributed by atoms with Crippen LogP contribution in [0.5, 0.6) is 0 Å². The number of aliphatic carboxylic acids is 2.